The number of rotatable bonds is 3. The number of nitrogens with two attached hydrogens (primary N) is 1. The molecule has 9 nitrogen and oxygen atoms in total. The number of thiazole rings is 1. The van der Waals surface area contributed by atoms with E-state index in [-0.39, 0.29) is 21.2 Å². The SMILES string of the molecule is CC(=O)Nc1ncc(S(=O)(=O)c2n[nH]c(N)n2)s1. The Balaban J connectivity index is 2.36. The molecule has 0 aliphatic carbocycles. The molecule has 0 atom stereocenters. The van der Waals surface area contributed by atoms with Gasteiger partial charge in [-0.15, -0.1) is 5.10 Å². The van der Waals surface area contributed by atoms with E-state index in [1.165, 1.54) is 6.92 Å². The lowest BCUT2D eigenvalue weighted by Crippen LogP contribution is -2.04. The number of H-pyrrole nitrogens is 1. The van der Waals surface area contributed by atoms with Gasteiger partial charge in [0.2, 0.25) is 11.9 Å². The van der Waals surface area contributed by atoms with E-state index in [0.29, 0.717) is 0 Å². The summed E-state index contributed by atoms with van der Waals surface area (Å²) in [7, 11) is -3.86. The molecule has 2 rings (SSSR count). The number of carbonyl (C=O) groups is 1. The number of sulfone groups is 1. The number of hydrogen-bond acceptors (Lipinski definition) is 8. The number of carbonyl (C=O) groups excluding carboxylic acids is 1. The van der Waals surface area contributed by atoms with Crippen molar-refractivity contribution in [2.75, 3.05) is 11.1 Å². The first kappa shape index (κ1) is 12.4. The third-order valence-electron chi connectivity index (χ3n) is 1.75. The van der Waals surface area contributed by atoms with E-state index in [0.717, 1.165) is 17.5 Å². The van der Waals surface area contributed by atoms with Crippen molar-refractivity contribution >= 4 is 38.2 Å². The fraction of sp³-hybridized carbons (Fsp3) is 0.143. The summed E-state index contributed by atoms with van der Waals surface area (Å²) in [4.78, 5) is 18.1. The first-order valence-corrected chi connectivity index (χ1v) is 6.86. The lowest BCUT2D eigenvalue weighted by molar-refractivity contribution is -0.114. The van der Waals surface area contributed by atoms with Gasteiger partial charge in [0.05, 0.1) is 6.20 Å². The molecule has 0 spiro atoms. The minimum Gasteiger partial charge on any atom is -0.368 e. The van der Waals surface area contributed by atoms with E-state index in [2.05, 4.69) is 25.5 Å². The molecule has 0 fully saturated rings. The standard InChI is InChI=1S/C7H8N6O3S2/c1-3(14)10-6-9-2-4(17-6)18(15,16)7-11-5(8)12-13-7/h2H,1H3,(H,9,10,14)(H3,8,11,12,13). The number of hydrogen-bond donors (Lipinski definition) is 3. The second-order valence-corrected chi connectivity index (χ2v) is 6.27. The smallest absolute Gasteiger partial charge is 0.274 e. The molecule has 0 aliphatic rings. The molecule has 2 aromatic rings. The van der Waals surface area contributed by atoms with Crippen LogP contribution in [-0.2, 0) is 14.6 Å². The highest BCUT2D eigenvalue weighted by Gasteiger charge is 2.25. The molecule has 11 heteroatoms. The Morgan fingerprint density at radius 3 is 2.83 bits per heavy atom. The van der Waals surface area contributed by atoms with Gasteiger partial charge in [0.1, 0.15) is 4.21 Å². The zero-order valence-corrected chi connectivity index (χ0v) is 10.7. The molecule has 4 N–H and O–H groups in total. The summed E-state index contributed by atoms with van der Waals surface area (Å²) < 4.78 is 23.9. The average molecular weight is 288 g/mol. The fourth-order valence-corrected chi connectivity index (χ4v) is 3.31. The summed E-state index contributed by atoms with van der Waals surface area (Å²) >= 11 is 0.807. The van der Waals surface area contributed by atoms with Gasteiger partial charge in [-0.2, -0.15) is 4.98 Å². The predicted molar refractivity (Wildman–Crippen MR) is 62.7 cm³/mol. The van der Waals surface area contributed by atoms with E-state index < -0.39 is 15.0 Å². The van der Waals surface area contributed by atoms with Crippen LogP contribution in [0.2, 0.25) is 0 Å². The van der Waals surface area contributed by atoms with Crippen molar-refractivity contribution in [1.82, 2.24) is 20.2 Å². The summed E-state index contributed by atoms with van der Waals surface area (Å²) in [6.45, 7) is 1.30. The maximum Gasteiger partial charge on any atom is 0.274 e. The van der Waals surface area contributed by atoms with Crippen molar-refractivity contribution in [2.45, 2.75) is 16.3 Å². The molecule has 0 unspecified atom stereocenters. The Kier molecular flexibility index (Phi) is 3.00. The maximum atomic E-state index is 12.0. The normalized spacial score (nSPS) is 11.4. The molecule has 0 aromatic carbocycles. The molecule has 0 saturated heterocycles. The van der Waals surface area contributed by atoms with Crippen molar-refractivity contribution in [2.24, 2.45) is 0 Å². The van der Waals surface area contributed by atoms with Crippen molar-refractivity contribution in [3.05, 3.63) is 6.20 Å². The number of anilines is 2. The Labute approximate surface area is 105 Å². The van der Waals surface area contributed by atoms with Crippen molar-refractivity contribution < 1.29 is 13.2 Å². The number of aromatic nitrogens is 4. The summed E-state index contributed by atoms with van der Waals surface area (Å²) in [5, 5.41) is 7.85. The van der Waals surface area contributed by atoms with E-state index in [9.17, 15) is 13.2 Å². The van der Waals surface area contributed by atoms with E-state index in [4.69, 9.17) is 5.73 Å². The van der Waals surface area contributed by atoms with Gasteiger partial charge in [-0.25, -0.2) is 18.5 Å². The van der Waals surface area contributed by atoms with Gasteiger partial charge in [-0.3, -0.25) is 4.79 Å². The first-order chi connectivity index (χ1) is 8.39. The Morgan fingerprint density at radius 1 is 1.56 bits per heavy atom. The van der Waals surface area contributed by atoms with Gasteiger partial charge in [-0.05, 0) is 0 Å². The van der Waals surface area contributed by atoms with Gasteiger partial charge < -0.3 is 11.1 Å². The van der Waals surface area contributed by atoms with Crippen LogP contribution >= 0.6 is 11.3 Å². The number of nitrogens with one attached hydrogen (secondary N) is 2. The van der Waals surface area contributed by atoms with Crippen LogP contribution in [0, 0.1) is 0 Å². The second-order valence-electron chi connectivity index (χ2n) is 3.17. The predicted octanol–water partition coefficient (Wildman–Crippen LogP) is -0.365. The van der Waals surface area contributed by atoms with Crippen LogP contribution in [0.1, 0.15) is 6.92 Å². The van der Waals surface area contributed by atoms with Gasteiger partial charge in [0.15, 0.2) is 5.13 Å². The first-order valence-electron chi connectivity index (χ1n) is 4.56. The number of aromatic amines is 1. The Hall–Kier alpha value is -2.01. The molecule has 1 amide bonds. The Morgan fingerprint density at radius 2 is 2.28 bits per heavy atom. The molecule has 0 saturated carbocycles. The topological polar surface area (TPSA) is 144 Å². The van der Waals surface area contributed by atoms with E-state index in [1.807, 2.05) is 0 Å². The zero-order chi connectivity index (χ0) is 13.3. The van der Waals surface area contributed by atoms with Gasteiger partial charge in [-0.1, -0.05) is 11.3 Å². The highest BCUT2D eigenvalue weighted by molar-refractivity contribution is 7.93. The van der Waals surface area contributed by atoms with Gasteiger partial charge >= 0.3 is 0 Å². The minimum atomic E-state index is -3.86. The molecule has 2 aromatic heterocycles. The average Bonchev–Trinajstić information content (AvgIpc) is 2.86. The third kappa shape index (κ3) is 2.31. The van der Waals surface area contributed by atoms with Crippen LogP contribution in [0.15, 0.2) is 15.6 Å². The molecule has 0 bridgehead atoms. The molecule has 0 aliphatic heterocycles. The van der Waals surface area contributed by atoms with Crippen molar-refractivity contribution in [3.8, 4) is 0 Å². The highest BCUT2D eigenvalue weighted by Crippen LogP contribution is 2.26. The number of nitrogen functional groups attached to an aromatic ring is 1. The largest absolute Gasteiger partial charge is 0.368 e. The van der Waals surface area contributed by atoms with Gasteiger partial charge in [0, 0.05) is 6.92 Å². The Bertz CT molecular complexity index is 688. The van der Waals surface area contributed by atoms with E-state index in [1.54, 1.807) is 0 Å². The zero-order valence-electron chi connectivity index (χ0n) is 9.04. The summed E-state index contributed by atoms with van der Waals surface area (Å²) in [5.41, 5.74) is 5.26. The molecule has 96 valence electrons. The lowest BCUT2D eigenvalue weighted by Gasteiger charge is -1.94. The summed E-state index contributed by atoms with van der Waals surface area (Å²) in [6, 6.07) is 0. The van der Waals surface area contributed by atoms with Crippen LogP contribution in [0.4, 0.5) is 11.1 Å². The summed E-state index contributed by atoms with van der Waals surface area (Å²) in [5.74, 6) is -0.435. The van der Waals surface area contributed by atoms with Crippen LogP contribution in [0.3, 0.4) is 0 Å². The summed E-state index contributed by atoms with van der Waals surface area (Å²) in [6.07, 6.45) is 1.12. The molecule has 18 heavy (non-hydrogen) atoms. The molecular weight excluding hydrogens is 280 g/mol. The highest BCUT2D eigenvalue weighted by atomic mass is 32.2. The fourth-order valence-electron chi connectivity index (χ4n) is 1.06. The van der Waals surface area contributed by atoms with Crippen molar-refractivity contribution in [3.63, 3.8) is 0 Å². The number of nitrogens with zero attached hydrogens (tertiary/aromatic N) is 3. The monoisotopic (exact) mass is 288 g/mol. The third-order valence-corrected chi connectivity index (χ3v) is 4.67. The van der Waals surface area contributed by atoms with Crippen LogP contribution in [0.5, 0.6) is 0 Å². The minimum absolute atomic E-state index is 0.0785. The number of amides is 1. The maximum absolute atomic E-state index is 12.0. The molecular formula is C7H8N6O3S2. The molecule has 2 heterocycles. The second kappa shape index (κ2) is 4.34. The van der Waals surface area contributed by atoms with E-state index >= 15 is 0 Å². The lowest BCUT2D eigenvalue weighted by atomic mass is 10.7. The van der Waals surface area contributed by atoms with Gasteiger partial charge in [0.25, 0.3) is 15.0 Å². The van der Waals surface area contributed by atoms with Crippen LogP contribution < -0.4 is 11.1 Å². The quantitative estimate of drug-likeness (QED) is 0.699. The van der Waals surface area contributed by atoms with Crippen LogP contribution in [-0.4, -0.2) is 34.5 Å². The van der Waals surface area contributed by atoms with Crippen molar-refractivity contribution in [1.29, 1.82) is 0 Å². The molecule has 0 radical (unpaired) electrons. The van der Waals surface area contributed by atoms with Crippen LogP contribution in [0.25, 0.3) is 0 Å².